The van der Waals surface area contributed by atoms with Gasteiger partial charge in [-0.2, -0.15) is 0 Å². The first kappa shape index (κ1) is 13.5. The highest BCUT2D eigenvalue weighted by Gasteiger charge is 2.19. The summed E-state index contributed by atoms with van der Waals surface area (Å²) in [5.74, 6) is 1.38. The summed E-state index contributed by atoms with van der Waals surface area (Å²) in [7, 11) is 0. The van der Waals surface area contributed by atoms with Gasteiger partial charge in [-0.15, -0.1) is 0 Å². The molecule has 0 saturated heterocycles. The summed E-state index contributed by atoms with van der Waals surface area (Å²) < 4.78 is 0. The van der Waals surface area contributed by atoms with Crippen molar-refractivity contribution in [1.82, 2.24) is 0 Å². The molecule has 2 aromatic carbocycles. The van der Waals surface area contributed by atoms with Crippen LogP contribution in [0.5, 0.6) is 11.5 Å². The van der Waals surface area contributed by atoms with Crippen molar-refractivity contribution in [2.75, 3.05) is 0 Å². The van der Waals surface area contributed by atoms with Crippen molar-refractivity contribution < 1.29 is 10.2 Å². The van der Waals surface area contributed by atoms with Crippen molar-refractivity contribution in [3.8, 4) is 11.5 Å². The average Bonchev–Trinajstić information content (AvgIpc) is 2.42. The lowest BCUT2D eigenvalue weighted by atomic mass is 9.81. The Bertz CT molecular complexity index is 514. The fourth-order valence-electron chi connectivity index (χ4n) is 2.61. The van der Waals surface area contributed by atoms with Crippen molar-refractivity contribution in [2.45, 2.75) is 32.1 Å². The van der Waals surface area contributed by atoms with Gasteiger partial charge < -0.3 is 10.2 Å². The smallest absolute Gasteiger partial charge is 0.115 e. The van der Waals surface area contributed by atoms with Gasteiger partial charge in [0.2, 0.25) is 0 Å². The molecule has 19 heavy (non-hydrogen) atoms. The maximum absolute atomic E-state index is 9.37. The second-order valence-electron chi connectivity index (χ2n) is 4.99. The molecule has 2 nitrogen and oxygen atoms in total. The van der Waals surface area contributed by atoms with Gasteiger partial charge >= 0.3 is 0 Å². The lowest BCUT2D eigenvalue weighted by Crippen LogP contribution is -2.07. The second kappa shape index (κ2) is 5.79. The lowest BCUT2D eigenvalue weighted by Gasteiger charge is -2.23. The normalized spacial score (nSPS) is 14.0. The van der Waals surface area contributed by atoms with Gasteiger partial charge in [0.05, 0.1) is 0 Å². The first-order valence-corrected chi connectivity index (χ1v) is 6.69. The molecular formula is C17H20O2. The maximum atomic E-state index is 9.37. The Morgan fingerprint density at radius 3 is 1.63 bits per heavy atom. The predicted octanol–water partition coefficient (Wildman–Crippen LogP) is 4.40. The molecule has 0 heterocycles. The van der Waals surface area contributed by atoms with Crippen LogP contribution in [-0.4, -0.2) is 10.2 Å². The molecule has 2 atom stereocenters. The van der Waals surface area contributed by atoms with E-state index >= 15 is 0 Å². The van der Waals surface area contributed by atoms with Crippen LogP contribution in [0, 0.1) is 0 Å². The molecule has 0 aliphatic carbocycles. The van der Waals surface area contributed by atoms with Crippen LogP contribution in [0.2, 0.25) is 0 Å². The van der Waals surface area contributed by atoms with Gasteiger partial charge in [0.1, 0.15) is 11.5 Å². The summed E-state index contributed by atoms with van der Waals surface area (Å²) in [5, 5.41) is 18.7. The number of phenols is 2. The van der Waals surface area contributed by atoms with Crippen LogP contribution in [0.4, 0.5) is 0 Å². The van der Waals surface area contributed by atoms with Crippen LogP contribution in [-0.2, 0) is 0 Å². The highest BCUT2D eigenvalue weighted by atomic mass is 16.3. The van der Waals surface area contributed by atoms with Gasteiger partial charge in [0, 0.05) is 0 Å². The lowest BCUT2D eigenvalue weighted by molar-refractivity contribution is 0.472. The van der Waals surface area contributed by atoms with Crippen LogP contribution in [0.25, 0.3) is 0 Å². The Balaban J connectivity index is 2.26. The molecule has 0 aliphatic heterocycles. The summed E-state index contributed by atoms with van der Waals surface area (Å²) in [6.07, 6.45) is 1.03. The molecular weight excluding hydrogens is 236 g/mol. The molecule has 0 saturated carbocycles. The second-order valence-corrected chi connectivity index (χ2v) is 4.99. The van der Waals surface area contributed by atoms with E-state index in [1.54, 1.807) is 24.3 Å². The summed E-state index contributed by atoms with van der Waals surface area (Å²) >= 11 is 0. The van der Waals surface area contributed by atoms with E-state index in [1.165, 1.54) is 11.1 Å². The number of aromatic hydroxyl groups is 2. The van der Waals surface area contributed by atoms with Crippen molar-refractivity contribution in [3.05, 3.63) is 59.7 Å². The average molecular weight is 256 g/mol. The van der Waals surface area contributed by atoms with E-state index in [0.29, 0.717) is 23.3 Å². The molecule has 0 unspecified atom stereocenters. The monoisotopic (exact) mass is 256 g/mol. The van der Waals surface area contributed by atoms with Gasteiger partial charge in [-0.1, -0.05) is 38.1 Å². The minimum atomic E-state index is 0.300. The highest BCUT2D eigenvalue weighted by Crippen LogP contribution is 2.36. The molecule has 2 aromatic rings. The Morgan fingerprint density at radius 1 is 0.789 bits per heavy atom. The summed E-state index contributed by atoms with van der Waals surface area (Å²) in [6, 6.07) is 14.9. The summed E-state index contributed by atoms with van der Waals surface area (Å²) in [5.41, 5.74) is 2.46. The third kappa shape index (κ3) is 3.08. The third-order valence-corrected chi connectivity index (χ3v) is 3.78. The minimum Gasteiger partial charge on any atom is -0.508 e. The molecule has 2 heteroatoms. The Hall–Kier alpha value is -1.96. The Morgan fingerprint density at radius 2 is 1.21 bits per heavy atom. The summed E-state index contributed by atoms with van der Waals surface area (Å²) in [6.45, 7) is 4.38. The topological polar surface area (TPSA) is 40.5 Å². The molecule has 2 rings (SSSR count). The summed E-state index contributed by atoms with van der Waals surface area (Å²) in [4.78, 5) is 0. The van der Waals surface area contributed by atoms with E-state index in [1.807, 2.05) is 24.3 Å². The van der Waals surface area contributed by atoms with Gasteiger partial charge in [-0.3, -0.25) is 0 Å². The standard InChI is InChI=1S/C17H20O2/c1-3-17(14-6-10-16(19)11-7-14)12(2)13-4-8-15(18)9-5-13/h4-12,17-19H,3H2,1-2H3/t12-,17-/m1/s1. The molecule has 0 radical (unpaired) electrons. The molecule has 0 aliphatic rings. The molecule has 0 amide bonds. The maximum Gasteiger partial charge on any atom is 0.115 e. The van der Waals surface area contributed by atoms with E-state index in [4.69, 9.17) is 0 Å². The first-order chi connectivity index (χ1) is 9.11. The largest absolute Gasteiger partial charge is 0.508 e. The molecule has 0 spiro atoms. The van der Waals surface area contributed by atoms with Crippen molar-refractivity contribution in [1.29, 1.82) is 0 Å². The van der Waals surface area contributed by atoms with Crippen LogP contribution in [0.3, 0.4) is 0 Å². The van der Waals surface area contributed by atoms with E-state index in [9.17, 15) is 10.2 Å². The van der Waals surface area contributed by atoms with E-state index in [-0.39, 0.29) is 0 Å². The molecule has 100 valence electrons. The molecule has 2 N–H and O–H groups in total. The fourth-order valence-corrected chi connectivity index (χ4v) is 2.61. The van der Waals surface area contributed by atoms with Gasteiger partial charge in [0.15, 0.2) is 0 Å². The van der Waals surface area contributed by atoms with Gasteiger partial charge in [0.25, 0.3) is 0 Å². The quantitative estimate of drug-likeness (QED) is 0.851. The number of phenolic OH excluding ortho intramolecular Hbond substituents is 2. The Labute approximate surface area is 114 Å². The SMILES string of the molecule is CC[C@@H](c1ccc(O)cc1)[C@H](C)c1ccc(O)cc1. The first-order valence-electron chi connectivity index (χ1n) is 6.69. The third-order valence-electron chi connectivity index (χ3n) is 3.78. The van der Waals surface area contributed by atoms with E-state index < -0.39 is 0 Å². The van der Waals surface area contributed by atoms with Crippen LogP contribution in [0.1, 0.15) is 43.2 Å². The highest BCUT2D eigenvalue weighted by molar-refractivity contribution is 5.34. The number of rotatable bonds is 4. The van der Waals surface area contributed by atoms with Crippen LogP contribution >= 0.6 is 0 Å². The number of hydrogen-bond donors (Lipinski definition) is 2. The van der Waals surface area contributed by atoms with E-state index in [2.05, 4.69) is 13.8 Å². The van der Waals surface area contributed by atoms with Crippen molar-refractivity contribution in [3.63, 3.8) is 0 Å². The zero-order valence-electron chi connectivity index (χ0n) is 11.4. The van der Waals surface area contributed by atoms with E-state index in [0.717, 1.165) is 6.42 Å². The number of hydrogen-bond acceptors (Lipinski definition) is 2. The zero-order valence-corrected chi connectivity index (χ0v) is 11.4. The molecule has 0 bridgehead atoms. The zero-order chi connectivity index (χ0) is 13.8. The van der Waals surface area contributed by atoms with Crippen molar-refractivity contribution >= 4 is 0 Å². The molecule has 0 fully saturated rings. The van der Waals surface area contributed by atoms with Gasteiger partial charge in [-0.05, 0) is 53.6 Å². The van der Waals surface area contributed by atoms with Crippen molar-refractivity contribution in [2.24, 2.45) is 0 Å². The molecule has 0 aromatic heterocycles. The fraction of sp³-hybridized carbons (Fsp3) is 0.294. The van der Waals surface area contributed by atoms with Gasteiger partial charge in [-0.25, -0.2) is 0 Å². The predicted molar refractivity (Wildman–Crippen MR) is 77.7 cm³/mol. The Kier molecular flexibility index (Phi) is 4.10. The van der Waals surface area contributed by atoms with Crippen LogP contribution in [0.15, 0.2) is 48.5 Å². The number of benzene rings is 2. The van der Waals surface area contributed by atoms with Crippen LogP contribution < -0.4 is 0 Å². The minimum absolute atomic E-state index is 0.300.